The Bertz CT molecular complexity index is 1160. The average Bonchev–Trinajstić information content (AvgIpc) is 3.10. The van der Waals surface area contributed by atoms with E-state index in [9.17, 15) is 18.0 Å². The van der Waals surface area contributed by atoms with Gasteiger partial charge in [-0.05, 0) is 43.7 Å². The van der Waals surface area contributed by atoms with Crippen LogP contribution < -0.4 is 9.47 Å². The number of alkyl halides is 3. The number of nitrogens with zero attached hydrogens (tertiary/aromatic N) is 2. The van der Waals surface area contributed by atoms with Gasteiger partial charge in [0.05, 0.1) is 18.1 Å². The molecule has 0 atom stereocenters. The van der Waals surface area contributed by atoms with Gasteiger partial charge in [0.25, 0.3) is 0 Å². The van der Waals surface area contributed by atoms with E-state index in [0.29, 0.717) is 30.0 Å². The van der Waals surface area contributed by atoms with Crippen molar-refractivity contribution >= 4 is 29.0 Å². The van der Waals surface area contributed by atoms with Crippen LogP contribution in [0.5, 0.6) is 11.5 Å². The largest absolute Gasteiger partial charge is 0.573 e. The van der Waals surface area contributed by atoms with Gasteiger partial charge >= 0.3 is 12.5 Å². The van der Waals surface area contributed by atoms with Gasteiger partial charge in [-0.15, -0.1) is 24.5 Å². The van der Waals surface area contributed by atoms with Crippen molar-refractivity contribution in [2.45, 2.75) is 33.3 Å². The fourth-order valence-corrected chi connectivity index (χ4v) is 4.34. The first-order valence-electron chi connectivity index (χ1n) is 9.16. The summed E-state index contributed by atoms with van der Waals surface area (Å²) in [5.74, 6) is 0.0863. The zero-order valence-electron chi connectivity index (χ0n) is 16.4. The summed E-state index contributed by atoms with van der Waals surface area (Å²) in [6.45, 7) is 3.98. The molecule has 0 aliphatic carbocycles. The van der Waals surface area contributed by atoms with Crippen molar-refractivity contribution in [2.24, 2.45) is 0 Å². The molecule has 0 saturated carbocycles. The van der Waals surface area contributed by atoms with E-state index in [0.717, 1.165) is 16.3 Å². The van der Waals surface area contributed by atoms with Crippen LogP contribution in [0, 0.1) is 13.8 Å². The number of carbonyl (C=O) groups excluding carboxylic acids is 1. The third kappa shape index (κ3) is 4.62. The molecule has 1 aromatic heterocycles. The highest BCUT2D eigenvalue weighted by Crippen LogP contribution is 2.39. The van der Waals surface area contributed by atoms with Gasteiger partial charge in [-0.1, -0.05) is 17.7 Å². The molecule has 10 heteroatoms. The van der Waals surface area contributed by atoms with Gasteiger partial charge in [-0.25, -0.2) is 9.78 Å². The summed E-state index contributed by atoms with van der Waals surface area (Å²) in [5, 5.41) is 2.87. The number of rotatable bonds is 4. The van der Waals surface area contributed by atoms with Crippen molar-refractivity contribution in [3.8, 4) is 22.6 Å². The van der Waals surface area contributed by atoms with Crippen molar-refractivity contribution in [3.63, 3.8) is 0 Å². The van der Waals surface area contributed by atoms with E-state index in [-0.39, 0.29) is 16.3 Å². The maximum Gasteiger partial charge on any atom is 0.573 e. The van der Waals surface area contributed by atoms with Gasteiger partial charge < -0.3 is 9.47 Å². The van der Waals surface area contributed by atoms with Crippen LogP contribution in [0.2, 0.25) is 5.02 Å². The Balaban J connectivity index is 1.62. The Labute approximate surface area is 185 Å². The second-order valence-electron chi connectivity index (χ2n) is 7.03. The van der Waals surface area contributed by atoms with Gasteiger partial charge in [0.15, 0.2) is 0 Å². The number of thiazole rings is 1. The minimum Gasteiger partial charge on any atom is -0.410 e. The second-order valence-corrected chi connectivity index (χ2v) is 8.35. The van der Waals surface area contributed by atoms with Crippen molar-refractivity contribution < 1.29 is 27.4 Å². The number of ether oxygens (including phenoxy) is 2. The molecule has 4 rings (SSSR count). The Morgan fingerprint density at radius 3 is 2.71 bits per heavy atom. The minimum atomic E-state index is -4.80. The van der Waals surface area contributed by atoms with E-state index in [2.05, 4.69) is 9.72 Å². The van der Waals surface area contributed by atoms with Crippen molar-refractivity contribution in [1.82, 2.24) is 9.88 Å². The minimum absolute atomic E-state index is 0.157. The zero-order chi connectivity index (χ0) is 22.3. The quantitative estimate of drug-likeness (QED) is 0.439. The number of carbonyl (C=O) groups is 1. The highest BCUT2D eigenvalue weighted by Gasteiger charge is 2.32. The fourth-order valence-electron chi connectivity index (χ4n) is 3.28. The number of hydrogen-bond acceptors (Lipinski definition) is 5. The molecule has 0 N–H and O–H groups in total. The van der Waals surface area contributed by atoms with Crippen LogP contribution in [-0.4, -0.2) is 22.3 Å². The predicted octanol–water partition coefficient (Wildman–Crippen LogP) is 6.49. The number of aromatic nitrogens is 1. The van der Waals surface area contributed by atoms with Crippen molar-refractivity contribution in [2.75, 3.05) is 0 Å². The molecular formula is C21H16ClF3N2O3S. The molecule has 2 aromatic carbocycles. The van der Waals surface area contributed by atoms with Crippen LogP contribution in [-0.2, 0) is 13.1 Å². The van der Waals surface area contributed by atoms with E-state index in [1.54, 1.807) is 12.1 Å². The van der Waals surface area contributed by atoms with E-state index < -0.39 is 12.5 Å². The predicted molar refractivity (Wildman–Crippen MR) is 110 cm³/mol. The first-order valence-corrected chi connectivity index (χ1v) is 10.4. The standard InChI is InChI=1S/C21H16ClF3N2O3S/c1-11-10-31-18(26-11)9-27-8-14-7-13(3-5-17(14)29-20(27)28)15-4-6-16(12(2)19(15)22)30-21(23,24)25/h3-7,10H,8-9H2,1-2H3. The number of hydrogen-bond donors (Lipinski definition) is 0. The Hall–Kier alpha value is -2.78. The molecule has 1 amide bonds. The summed E-state index contributed by atoms with van der Waals surface area (Å²) in [6.07, 6.45) is -5.26. The monoisotopic (exact) mass is 468 g/mol. The molecule has 0 spiro atoms. The van der Waals surface area contributed by atoms with Crippen LogP contribution in [0.25, 0.3) is 11.1 Å². The van der Waals surface area contributed by atoms with Crippen LogP contribution in [0.4, 0.5) is 18.0 Å². The van der Waals surface area contributed by atoms with E-state index in [1.807, 2.05) is 18.4 Å². The van der Waals surface area contributed by atoms with E-state index in [1.165, 1.54) is 35.3 Å². The topological polar surface area (TPSA) is 51.7 Å². The molecular weight excluding hydrogens is 453 g/mol. The summed E-state index contributed by atoms with van der Waals surface area (Å²) in [5.41, 5.74) is 3.07. The second kappa shape index (κ2) is 8.05. The summed E-state index contributed by atoms with van der Waals surface area (Å²) < 4.78 is 47.2. The third-order valence-electron chi connectivity index (χ3n) is 4.74. The van der Waals surface area contributed by atoms with Crippen LogP contribution in [0.1, 0.15) is 21.8 Å². The number of aryl methyl sites for hydroxylation is 1. The number of fused-ring (bicyclic) bond motifs is 1. The lowest BCUT2D eigenvalue weighted by molar-refractivity contribution is -0.274. The molecule has 2 heterocycles. The number of halogens is 4. The fraction of sp³-hybridized carbons (Fsp3) is 0.238. The lowest BCUT2D eigenvalue weighted by Crippen LogP contribution is -2.36. The molecule has 0 unspecified atom stereocenters. The lowest BCUT2D eigenvalue weighted by atomic mass is 9.99. The maximum atomic E-state index is 12.6. The lowest BCUT2D eigenvalue weighted by Gasteiger charge is -2.27. The molecule has 0 radical (unpaired) electrons. The van der Waals surface area contributed by atoms with Gasteiger partial charge in [-0.3, -0.25) is 4.90 Å². The molecule has 1 aliphatic rings. The summed E-state index contributed by atoms with van der Waals surface area (Å²) in [6, 6.07) is 7.88. The molecule has 5 nitrogen and oxygen atoms in total. The van der Waals surface area contributed by atoms with Gasteiger partial charge in [0, 0.05) is 27.8 Å². The molecule has 31 heavy (non-hydrogen) atoms. The third-order valence-corrected chi connectivity index (χ3v) is 6.18. The maximum absolute atomic E-state index is 12.6. The van der Waals surface area contributed by atoms with Crippen LogP contribution >= 0.6 is 22.9 Å². The average molecular weight is 469 g/mol. The molecule has 0 saturated heterocycles. The molecule has 0 bridgehead atoms. The smallest absolute Gasteiger partial charge is 0.410 e. The van der Waals surface area contributed by atoms with E-state index >= 15 is 0 Å². The Morgan fingerprint density at radius 1 is 1.26 bits per heavy atom. The highest BCUT2D eigenvalue weighted by atomic mass is 35.5. The zero-order valence-corrected chi connectivity index (χ0v) is 18.0. The van der Waals surface area contributed by atoms with Crippen LogP contribution in [0.3, 0.4) is 0 Å². The van der Waals surface area contributed by atoms with Crippen molar-refractivity contribution in [1.29, 1.82) is 0 Å². The van der Waals surface area contributed by atoms with Crippen molar-refractivity contribution in [3.05, 3.63) is 62.6 Å². The highest BCUT2D eigenvalue weighted by molar-refractivity contribution is 7.09. The summed E-state index contributed by atoms with van der Waals surface area (Å²) in [4.78, 5) is 18.2. The van der Waals surface area contributed by atoms with Gasteiger partial charge in [0.2, 0.25) is 0 Å². The molecule has 3 aromatic rings. The SMILES string of the molecule is Cc1csc(CN2Cc3cc(-c4ccc(OC(F)(F)F)c(C)c4Cl)ccc3OC2=O)n1. The summed E-state index contributed by atoms with van der Waals surface area (Å²) >= 11 is 7.82. The number of benzene rings is 2. The van der Waals surface area contributed by atoms with Gasteiger partial charge in [-0.2, -0.15) is 0 Å². The summed E-state index contributed by atoms with van der Waals surface area (Å²) in [7, 11) is 0. The van der Waals surface area contributed by atoms with E-state index in [4.69, 9.17) is 16.3 Å². The molecule has 0 fully saturated rings. The molecule has 1 aliphatic heterocycles. The van der Waals surface area contributed by atoms with Crippen LogP contribution in [0.15, 0.2) is 35.7 Å². The van der Waals surface area contributed by atoms with Gasteiger partial charge in [0.1, 0.15) is 16.5 Å². The molecule has 162 valence electrons. The first-order chi connectivity index (χ1) is 14.6. The Morgan fingerprint density at radius 2 is 2.03 bits per heavy atom. The number of amides is 1. The Kier molecular flexibility index (Phi) is 5.57. The first kappa shape index (κ1) is 21.5. The normalized spacial score (nSPS) is 13.7.